The zero-order valence-electron chi connectivity index (χ0n) is 8.94. The van der Waals surface area contributed by atoms with Crippen LogP contribution in [0.15, 0.2) is 24.5 Å². The Labute approximate surface area is 88.8 Å². The number of anilines is 1. The Bertz CT molecular complexity index is 473. The van der Waals surface area contributed by atoms with E-state index in [1.165, 1.54) is 0 Å². The molecule has 1 aromatic carbocycles. The van der Waals surface area contributed by atoms with E-state index in [0.29, 0.717) is 0 Å². The van der Waals surface area contributed by atoms with Gasteiger partial charge in [-0.25, -0.2) is 0 Å². The Kier molecular flexibility index (Phi) is 2.41. The molecule has 78 valence electrons. The largest absolute Gasteiger partial charge is 0.398 e. The molecule has 4 heteroatoms. The van der Waals surface area contributed by atoms with Crippen LogP contribution in [0.25, 0.3) is 11.4 Å². The molecule has 0 atom stereocenters. The van der Waals surface area contributed by atoms with E-state index >= 15 is 0 Å². The number of benzene rings is 1. The first-order valence-electron chi connectivity index (χ1n) is 4.97. The number of aryl methyl sites for hydroxylation is 1. The van der Waals surface area contributed by atoms with Gasteiger partial charge in [0.05, 0.1) is 0 Å². The van der Waals surface area contributed by atoms with E-state index in [0.717, 1.165) is 29.2 Å². The lowest BCUT2D eigenvalue weighted by Crippen LogP contribution is -1.99. The Balaban J connectivity index is 2.59. The quantitative estimate of drug-likeness (QED) is 0.756. The maximum absolute atomic E-state index is 5.86. The molecule has 0 saturated carbocycles. The van der Waals surface area contributed by atoms with Gasteiger partial charge in [-0.2, -0.15) is 0 Å². The first-order valence-corrected chi connectivity index (χ1v) is 4.97. The van der Waals surface area contributed by atoms with Gasteiger partial charge in [0, 0.05) is 17.8 Å². The molecule has 2 aromatic rings. The molecule has 0 bridgehead atoms. The molecule has 0 radical (unpaired) electrons. The standard InChI is InChI=1S/C11H14N4/c1-3-15-7-13-14-11(15)9-5-4-6-10(12)8(9)2/h4-7H,3,12H2,1-2H3. The molecule has 0 fully saturated rings. The summed E-state index contributed by atoms with van der Waals surface area (Å²) in [5, 5.41) is 8.03. The number of nitrogen functional groups attached to an aromatic ring is 1. The molecular weight excluding hydrogens is 188 g/mol. The molecule has 2 N–H and O–H groups in total. The Hall–Kier alpha value is -1.84. The summed E-state index contributed by atoms with van der Waals surface area (Å²) < 4.78 is 2.00. The number of nitrogens with two attached hydrogens (primary N) is 1. The fourth-order valence-electron chi connectivity index (χ4n) is 1.59. The Morgan fingerprint density at radius 2 is 2.20 bits per heavy atom. The predicted molar refractivity (Wildman–Crippen MR) is 60.3 cm³/mol. The molecule has 0 unspecified atom stereocenters. The maximum Gasteiger partial charge on any atom is 0.164 e. The molecule has 0 amide bonds. The summed E-state index contributed by atoms with van der Waals surface area (Å²) in [5.74, 6) is 0.877. The van der Waals surface area contributed by atoms with Gasteiger partial charge < -0.3 is 10.3 Å². The van der Waals surface area contributed by atoms with Gasteiger partial charge in [0.2, 0.25) is 0 Å². The first kappa shape index (κ1) is 9.71. The Morgan fingerprint density at radius 1 is 1.40 bits per heavy atom. The number of aromatic nitrogens is 3. The first-order chi connectivity index (χ1) is 7.24. The molecule has 0 spiro atoms. The summed E-state index contributed by atoms with van der Waals surface area (Å²) in [6.07, 6.45) is 1.73. The summed E-state index contributed by atoms with van der Waals surface area (Å²) in [5.41, 5.74) is 8.76. The highest BCUT2D eigenvalue weighted by atomic mass is 15.3. The lowest BCUT2D eigenvalue weighted by atomic mass is 10.1. The third-order valence-electron chi connectivity index (χ3n) is 2.57. The highest BCUT2D eigenvalue weighted by Gasteiger charge is 2.09. The summed E-state index contributed by atoms with van der Waals surface area (Å²) in [6, 6.07) is 5.85. The van der Waals surface area contributed by atoms with Gasteiger partial charge in [0.15, 0.2) is 5.82 Å². The van der Waals surface area contributed by atoms with Crippen molar-refractivity contribution in [3.8, 4) is 11.4 Å². The normalized spacial score (nSPS) is 10.5. The van der Waals surface area contributed by atoms with Gasteiger partial charge in [-0.05, 0) is 25.5 Å². The van der Waals surface area contributed by atoms with E-state index in [9.17, 15) is 0 Å². The number of hydrogen-bond acceptors (Lipinski definition) is 3. The summed E-state index contributed by atoms with van der Waals surface area (Å²) in [6.45, 7) is 4.92. The fraction of sp³-hybridized carbons (Fsp3) is 0.273. The van der Waals surface area contributed by atoms with E-state index in [4.69, 9.17) is 5.73 Å². The lowest BCUT2D eigenvalue weighted by Gasteiger charge is -2.08. The van der Waals surface area contributed by atoms with Gasteiger partial charge in [-0.15, -0.1) is 10.2 Å². The van der Waals surface area contributed by atoms with Crippen molar-refractivity contribution in [2.75, 3.05) is 5.73 Å². The lowest BCUT2D eigenvalue weighted by molar-refractivity contribution is 0.766. The molecule has 1 heterocycles. The molecule has 1 aromatic heterocycles. The second kappa shape index (κ2) is 3.73. The van der Waals surface area contributed by atoms with E-state index in [2.05, 4.69) is 17.1 Å². The SMILES string of the molecule is CCn1cnnc1-c1cccc(N)c1C. The third kappa shape index (κ3) is 1.58. The van der Waals surface area contributed by atoms with Gasteiger partial charge in [0.25, 0.3) is 0 Å². The van der Waals surface area contributed by atoms with E-state index in [-0.39, 0.29) is 0 Å². The van der Waals surface area contributed by atoms with Crippen LogP contribution in [0.1, 0.15) is 12.5 Å². The second-order valence-electron chi connectivity index (χ2n) is 3.46. The summed E-state index contributed by atoms with van der Waals surface area (Å²) in [7, 11) is 0. The van der Waals surface area contributed by atoms with Crippen LogP contribution in [0.4, 0.5) is 5.69 Å². The number of hydrogen-bond donors (Lipinski definition) is 1. The maximum atomic E-state index is 5.86. The Morgan fingerprint density at radius 3 is 2.93 bits per heavy atom. The zero-order chi connectivity index (χ0) is 10.8. The van der Waals surface area contributed by atoms with Crippen molar-refractivity contribution in [1.82, 2.24) is 14.8 Å². The van der Waals surface area contributed by atoms with E-state index < -0.39 is 0 Å². The summed E-state index contributed by atoms with van der Waals surface area (Å²) >= 11 is 0. The molecule has 2 rings (SSSR count). The molecule has 0 saturated heterocycles. The van der Waals surface area contributed by atoms with E-state index in [1.54, 1.807) is 6.33 Å². The molecule has 0 aliphatic carbocycles. The average Bonchev–Trinajstić information content (AvgIpc) is 2.70. The van der Waals surface area contributed by atoms with Crippen molar-refractivity contribution in [3.63, 3.8) is 0 Å². The monoisotopic (exact) mass is 202 g/mol. The van der Waals surface area contributed by atoms with Crippen LogP contribution < -0.4 is 5.73 Å². The summed E-state index contributed by atoms with van der Waals surface area (Å²) in [4.78, 5) is 0. The fourth-order valence-corrected chi connectivity index (χ4v) is 1.59. The third-order valence-corrected chi connectivity index (χ3v) is 2.57. The minimum atomic E-state index is 0.790. The topological polar surface area (TPSA) is 56.7 Å². The van der Waals surface area contributed by atoms with Crippen LogP contribution in [0.5, 0.6) is 0 Å². The van der Waals surface area contributed by atoms with Crippen LogP contribution in [-0.4, -0.2) is 14.8 Å². The van der Waals surface area contributed by atoms with Crippen LogP contribution in [-0.2, 0) is 6.54 Å². The minimum absolute atomic E-state index is 0.790. The van der Waals surface area contributed by atoms with Gasteiger partial charge in [-0.1, -0.05) is 12.1 Å². The average molecular weight is 202 g/mol. The number of nitrogens with zero attached hydrogens (tertiary/aromatic N) is 3. The zero-order valence-corrected chi connectivity index (χ0v) is 8.94. The van der Waals surface area contributed by atoms with Crippen molar-refractivity contribution < 1.29 is 0 Å². The van der Waals surface area contributed by atoms with E-state index in [1.807, 2.05) is 29.7 Å². The highest BCUT2D eigenvalue weighted by molar-refractivity contribution is 5.67. The molecule has 0 aliphatic rings. The van der Waals surface area contributed by atoms with Crippen molar-refractivity contribution in [2.45, 2.75) is 20.4 Å². The molecular formula is C11H14N4. The van der Waals surface area contributed by atoms with Gasteiger partial charge in [-0.3, -0.25) is 0 Å². The highest BCUT2D eigenvalue weighted by Crippen LogP contribution is 2.24. The van der Waals surface area contributed by atoms with Crippen molar-refractivity contribution >= 4 is 5.69 Å². The number of rotatable bonds is 2. The van der Waals surface area contributed by atoms with Crippen molar-refractivity contribution in [1.29, 1.82) is 0 Å². The van der Waals surface area contributed by atoms with Crippen LogP contribution in [0.3, 0.4) is 0 Å². The van der Waals surface area contributed by atoms with Crippen LogP contribution in [0, 0.1) is 6.92 Å². The smallest absolute Gasteiger partial charge is 0.164 e. The van der Waals surface area contributed by atoms with Gasteiger partial charge in [0.1, 0.15) is 6.33 Å². The molecule has 0 aliphatic heterocycles. The molecule has 4 nitrogen and oxygen atoms in total. The van der Waals surface area contributed by atoms with Crippen LogP contribution >= 0.6 is 0 Å². The molecule has 15 heavy (non-hydrogen) atoms. The minimum Gasteiger partial charge on any atom is -0.398 e. The van der Waals surface area contributed by atoms with Crippen molar-refractivity contribution in [3.05, 3.63) is 30.1 Å². The van der Waals surface area contributed by atoms with Crippen LogP contribution in [0.2, 0.25) is 0 Å². The van der Waals surface area contributed by atoms with Gasteiger partial charge >= 0.3 is 0 Å². The second-order valence-corrected chi connectivity index (χ2v) is 3.46. The van der Waals surface area contributed by atoms with Crippen molar-refractivity contribution in [2.24, 2.45) is 0 Å². The predicted octanol–water partition coefficient (Wildman–Crippen LogP) is 1.86.